The van der Waals surface area contributed by atoms with Gasteiger partial charge in [0.2, 0.25) is 0 Å². The summed E-state index contributed by atoms with van der Waals surface area (Å²) in [5, 5.41) is 0. The first-order valence-electron chi connectivity index (χ1n) is 9.26. The molecule has 1 aromatic carbocycles. The molecule has 1 aliphatic carbocycles. The second-order valence-electron chi connectivity index (χ2n) is 7.18. The molecule has 0 atom stereocenters. The van der Waals surface area contributed by atoms with Crippen molar-refractivity contribution in [1.29, 1.82) is 0 Å². The fourth-order valence-corrected chi connectivity index (χ4v) is 4.56. The lowest BCUT2D eigenvalue weighted by Gasteiger charge is -2.45. The van der Waals surface area contributed by atoms with E-state index in [0.29, 0.717) is 5.78 Å². The zero-order valence-corrected chi connectivity index (χ0v) is 15.0. The van der Waals surface area contributed by atoms with Gasteiger partial charge in [0.1, 0.15) is 0 Å². The van der Waals surface area contributed by atoms with Crippen LogP contribution in [-0.2, 0) is 5.75 Å². The van der Waals surface area contributed by atoms with E-state index in [2.05, 4.69) is 29.7 Å². The molecular formula is C20H29NOS. The largest absolute Gasteiger partial charge is 0.292 e. The summed E-state index contributed by atoms with van der Waals surface area (Å²) in [6.45, 7) is 2.20. The quantitative estimate of drug-likeness (QED) is 0.627. The van der Waals surface area contributed by atoms with Crippen LogP contribution >= 0.6 is 12.6 Å². The van der Waals surface area contributed by atoms with E-state index in [1.54, 1.807) is 0 Å². The van der Waals surface area contributed by atoms with Crippen molar-refractivity contribution in [2.75, 3.05) is 13.1 Å². The maximum Gasteiger partial charge on any atom is 0.183 e. The average Bonchev–Trinajstić information content (AvgIpc) is 2.91. The van der Waals surface area contributed by atoms with Gasteiger partial charge < -0.3 is 0 Å². The highest BCUT2D eigenvalue weighted by Crippen LogP contribution is 2.38. The zero-order valence-electron chi connectivity index (χ0n) is 14.1. The molecule has 0 aromatic heterocycles. The van der Waals surface area contributed by atoms with Gasteiger partial charge in [0, 0.05) is 11.3 Å². The number of carbonyl (C=O) groups is 1. The van der Waals surface area contributed by atoms with Crippen LogP contribution in [0.2, 0.25) is 0 Å². The second-order valence-corrected chi connectivity index (χ2v) is 7.49. The Morgan fingerprint density at radius 1 is 0.913 bits per heavy atom. The van der Waals surface area contributed by atoms with E-state index >= 15 is 0 Å². The predicted octanol–water partition coefficient (Wildman–Crippen LogP) is 4.88. The molecule has 0 N–H and O–H groups in total. The molecule has 126 valence electrons. The molecule has 0 spiro atoms. The fraction of sp³-hybridized carbons (Fsp3) is 0.650. The van der Waals surface area contributed by atoms with Gasteiger partial charge in [-0.25, -0.2) is 0 Å². The highest BCUT2D eigenvalue weighted by molar-refractivity contribution is 7.79. The molecule has 23 heavy (non-hydrogen) atoms. The number of ketones is 1. The van der Waals surface area contributed by atoms with Gasteiger partial charge in [-0.1, -0.05) is 56.4 Å². The van der Waals surface area contributed by atoms with Gasteiger partial charge >= 0.3 is 0 Å². The van der Waals surface area contributed by atoms with E-state index in [0.717, 1.165) is 37.2 Å². The Kier molecular flexibility index (Phi) is 5.81. The fourth-order valence-electron chi connectivity index (χ4n) is 4.35. The highest BCUT2D eigenvalue weighted by Gasteiger charge is 2.44. The molecular weight excluding hydrogens is 302 g/mol. The Balaban J connectivity index is 1.88. The van der Waals surface area contributed by atoms with Crippen LogP contribution in [0.1, 0.15) is 73.7 Å². The molecule has 3 rings (SSSR count). The lowest BCUT2D eigenvalue weighted by atomic mass is 9.75. The Bertz CT molecular complexity index is 511. The highest BCUT2D eigenvalue weighted by atomic mass is 32.1. The van der Waals surface area contributed by atoms with Crippen molar-refractivity contribution in [3.63, 3.8) is 0 Å². The molecule has 1 saturated carbocycles. The molecule has 1 heterocycles. The van der Waals surface area contributed by atoms with E-state index in [-0.39, 0.29) is 5.54 Å². The average molecular weight is 332 g/mol. The van der Waals surface area contributed by atoms with Crippen molar-refractivity contribution < 1.29 is 4.79 Å². The molecule has 0 radical (unpaired) electrons. The standard InChI is InChI=1S/C20H29NOS/c22-19(18-10-8-17(16-23)9-11-18)20(12-4-3-5-13-20)21-14-6-1-2-7-15-21/h8-11,23H,1-7,12-16H2. The van der Waals surface area contributed by atoms with Gasteiger partial charge in [-0.3, -0.25) is 9.69 Å². The molecule has 2 fully saturated rings. The van der Waals surface area contributed by atoms with Crippen LogP contribution in [0.15, 0.2) is 24.3 Å². The topological polar surface area (TPSA) is 20.3 Å². The minimum absolute atomic E-state index is 0.231. The van der Waals surface area contributed by atoms with Gasteiger partial charge in [-0.15, -0.1) is 0 Å². The summed E-state index contributed by atoms with van der Waals surface area (Å²) in [7, 11) is 0. The summed E-state index contributed by atoms with van der Waals surface area (Å²) in [6.07, 6.45) is 10.9. The third-order valence-electron chi connectivity index (χ3n) is 5.71. The predicted molar refractivity (Wildman–Crippen MR) is 99.3 cm³/mol. The summed E-state index contributed by atoms with van der Waals surface area (Å²) in [5.74, 6) is 1.09. The van der Waals surface area contributed by atoms with E-state index in [1.807, 2.05) is 12.1 Å². The first-order chi connectivity index (χ1) is 11.3. The third kappa shape index (κ3) is 3.66. The number of nitrogens with zero attached hydrogens (tertiary/aromatic N) is 1. The molecule has 0 amide bonds. The molecule has 0 bridgehead atoms. The van der Waals surface area contributed by atoms with Crippen LogP contribution in [0.5, 0.6) is 0 Å². The van der Waals surface area contributed by atoms with E-state index in [1.165, 1.54) is 50.5 Å². The summed E-state index contributed by atoms with van der Waals surface area (Å²) < 4.78 is 0. The van der Waals surface area contributed by atoms with Crippen molar-refractivity contribution in [3.05, 3.63) is 35.4 Å². The number of hydrogen-bond donors (Lipinski definition) is 1. The zero-order chi connectivity index (χ0) is 16.1. The summed E-state index contributed by atoms with van der Waals surface area (Å²) in [6, 6.07) is 8.14. The number of rotatable bonds is 4. The van der Waals surface area contributed by atoms with Crippen LogP contribution in [0.4, 0.5) is 0 Å². The Morgan fingerprint density at radius 2 is 1.48 bits per heavy atom. The smallest absolute Gasteiger partial charge is 0.183 e. The van der Waals surface area contributed by atoms with E-state index < -0.39 is 0 Å². The number of benzene rings is 1. The van der Waals surface area contributed by atoms with Crippen LogP contribution in [0.3, 0.4) is 0 Å². The summed E-state index contributed by atoms with van der Waals surface area (Å²) in [4.78, 5) is 16.0. The van der Waals surface area contributed by atoms with Crippen molar-refractivity contribution in [2.45, 2.75) is 69.1 Å². The number of carbonyl (C=O) groups excluding carboxylic acids is 1. The number of thiol groups is 1. The molecule has 0 unspecified atom stereocenters. The minimum atomic E-state index is -0.231. The molecule has 2 nitrogen and oxygen atoms in total. The second kappa shape index (κ2) is 7.85. The summed E-state index contributed by atoms with van der Waals surface area (Å²) >= 11 is 4.32. The van der Waals surface area contributed by atoms with Crippen LogP contribution in [0.25, 0.3) is 0 Å². The Morgan fingerprint density at radius 3 is 2.04 bits per heavy atom. The van der Waals surface area contributed by atoms with Crippen LogP contribution in [-0.4, -0.2) is 29.3 Å². The third-order valence-corrected chi connectivity index (χ3v) is 6.08. The molecule has 1 aliphatic heterocycles. The maximum atomic E-state index is 13.5. The summed E-state index contributed by atoms with van der Waals surface area (Å²) in [5.41, 5.74) is 1.84. The minimum Gasteiger partial charge on any atom is -0.292 e. The van der Waals surface area contributed by atoms with Crippen LogP contribution in [0, 0.1) is 0 Å². The molecule has 3 heteroatoms. The SMILES string of the molecule is O=C(c1ccc(CS)cc1)C1(N2CCCCCC2)CCCCC1. The van der Waals surface area contributed by atoms with Crippen molar-refractivity contribution in [3.8, 4) is 0 Å². The van der Waals surface area contributed by atoms with Gasteiger partial charge in [0.05, 0.1) is 5.54 Å². The van der Waals surface area contributed by atoms with E-state index in [4.69, 9.17) is 0 Å². The van der Waals surface area contributed by atoms with E-state index in [9.17, 15) is 4.79 Å². The lowest BCUT2D eigenvalue weighted by molar-refractivity contribution is 0.0389. The van der Waals surface area contributed by atoms with Gasteiger partial charge in [0.25, 0.3) is 0 Å². The maximum absolute atomic E-state index is 13.5. The lowest BCUT2D eigenvalue weighted by Crippen LogP contribution is -2.56. The van der Waals surface area contributed by atoms with Gasteiger partial charge in [-0.2, -0.15) is 12.6 Å². The Labute approximate surface area is 146 Å². The van der Waals surface area contributed by atoms with Gasteiger partial charge in [-0.05, 0) is 44.3 Å². The van der Waals surface area contributed by atoms with Crippen molar-refractivity contribution in [1.82, 2.24) is 4.90 Å². The first kappa shape index (κ1) is 17.0. The van der Waals surface area contributed by atoms with Crippen molar-refractivity contribution in [2.24, 2.45) is 0 Å². The first-order valence-corrected chi connectivity index (χ1v) is 9.89. The Hall–Kier alpha value is -0.800. The molecule has 2 aliphatic rings. The number of likely N-dealkylation sites (tertiary alicyclic amines) is 1. The monoisotopic (exact) mass is 331 g/mol. The normalized spacial score (nSPS) is 22.5. The molecule has 1 saturated heterocycles. The number of Topliss-reactive ketones (excluding diaryl/α,β-unsaturated/α-hetero) is 1. The molecule has 1 aromatic rings. The number of hydrogen-bond acceptors (Lipinski definition) is 3. The van der Waals surface area contributed by atoms with Gasteiger partial charge in [0.15, 0.2) is 5.78 Å². The van der Waals surface area contributed by atoms with Crippen molar-refractivity contribution >= 4 is 18.4 Å². The van der Waals surface area contributed by atoms with Crippen LogP contribution < -0.4 is 0 Å².